The highest BCUT2D eigenvalue weighted by atomic mass is 16.6. The van der Waals surface area contributed by atoms with Crippen LogP contribution in [0.4, 0.5) is 4.79 Å². The van der Waals surface area contributed by atoms with Crippen molar-refractivity contribution in [2.24, 2.45) is 5.41 Å². The van der Waals surface area contributed by atoms with Gasteiger partial charge in [0.15, 0.2) is 0 Å². The van der Waals surface area contributed by atoms with E-state index in [0.717, 1.165) is 38.8 Å². The number of aromatic nitrogens is 2. The number of fused-ring (bicyclic) bond motifs is 3. The second kappa shape index (κ2) is 6.48. The van der Waals surface area contributed by atoms with Gasteiger partial charge in [0.1, 0.15) is 5.60 Å². The standard InChI is InChI=1S/C24H29N3O2/c1-23(2,3)29-22(28)26-12-10-24(11-13-26)9-8-17(14-24)21-19-7-5-4-6-18(19)20-15-25-16-27(20)21/h4-7,15-16H,8-14H2,1-3H3. The zero-order valence-corrected chi connectivity index (χ0v) is 17.6. The third-order valence-corrected chi connectivity index (χ3v) is 6.69. The molecule has 3 aromatic rings. The summed E-state index contributed by atoms with van der Waals surface area (Å²) in [6, 6.07) is 8.66. The van der Waals surface area contributed by atoms with Gasteiger partial charge in [-0.2, -0.15) is 0 Å². The number of carbonyl (C=O) groups excluding carboxylic acids is 1. The molecule has 0 atom stereocenters. The van der Waals surface area contributed by atoms with Crippen molar-refractivity contribution in [2.45, 2.75) is 58.5 Å². The first-order valence-corrected chi connectivity index (χ1v) is 10.7. The molecule has 0 N–H and O–H groups in total. The van der Waals surface area contributed by atoms with Gasteiger partial charge < -0.3 is 9.64 Å². The summed E-state index contributed by atoms with van der Waals surface area (Å²) in [4.78, 5) is 18.7. The maximum Gasteiger partial charge on any atom is 0.410 e. The van der Waals surface area contributed by atoms with E-state index >= 15 is 0 Å². The van der Waals surface area contributed by atoms with Crippen LogP contribution in [-0.4, -0.2) is 39.1 Å². The molecule has 0 bridgehead atoms. The molecule has 3 heterocycles. The van der Waals surface area contributed by atoms with Gasteiger partial charge in [-0.25, -0.2) is 9.78 Å². The lowest BCUT2D eigenvalue weighted by Crippen LogP contribution is -2.44. The van der Waals surface area contributed by atoms with Crippen LogP contribution >= 0.6 is 0 Å². The van der Waals surface area contributed by atoms with E-state index < -0.39 is 5.60 Å². The third-order valence-electron chi connectivity index (χ3n) is 6.69. The first-order chi connectivity index (χ1) is 13.9. The number of hydrogen-bond donors (Lipinski definition) is 0. The molecule has 5 rings (SSSR count). The Morgan fingerprint density at radius 3 is 2.55 bits per heavy atom. The van der Waals surface area contributed by atoms with Crippen LogP contribution in [0.15, 0.2) is 36.8 Å². The minimum atomic E-state index is -0.435. The van der Waals surface area contributed by atoms with E-state index in [1.165, 1.54) is 28.1 Å². The molecule has 2 aliphatic rings. The van der Waals surface area contributed by atoms with Crippen molar-refractivity contribution in [3.63, 3.8) is 0 Å². The van der Waals surface area contributed by atoms with Crippen LogP contribution in [0.1, 0.15) is 52.9 Å². The average Bonchev–Trinajstić information content (AvgIpc) is 3.36. The van der Waals surface area contributed by atoms with Crippen LogP contribution in [0.5, 0.6) is 0 Å². The molecular weight excluding hydrogens is 362 g/mol. The summed E-state index contributed by atoms with van der Waals surface area (Å²) >= 11 is 0. The van der Waals surface area contributed by atoms with Crippen molar-refractivity contribution in [2.75, 3.05) is 13.1 Å². The van der Waals surface area contributed by atoms with E-state index in [2.05, 4.69) is 33.7 Å². The lowest BCUT2D eigenvalue weighted by atomic mass is 9.77. The molecular formula is C24H29N3O2. The first kappa shape index (κ1) is 18.5. The summed E-state index contributed by atoms with van der Waals surface area (Å²) in [6.45, 7) is 7.37. The van der Waals surface area contributed by atoms with E-state index in [9.17, 15) is 4.79 Å². The molecule has 2 aromatic heterocycles. The molecule has 152 valence electrons. The number of benzene rings is 1. The zero-order valence-electron chi connectivity index (χ0n) is 17.6. The molecule has 2 fully saturated rings. The number of ether oxygens (including phenoxy) is 1. The molecule has 0 unspecified atom stereocenters. The minimum Gasteiger partial charge on any atom is -0.444 e. The molecule has 5 heteroatoms. The molecule has 1 saturated carbocycles. The van der Waals surface area contributed by atoms with Crippen LogP contribution < -0.4 is 5.35 Å². The van der Waals surface area contributed by atoms with Gasteiger partial charge in [-0.15, -0.1) is 0 Å². The number of likely N-dealkylation sites (tertiary alicyclic amines) is 1. The molecule has 1 aliphatic carbocycles. The summed E-state index contributed by atoms with van der Waals surface area (Å²) < 4.78 is 7.84. The predicted molar refractivity (Wildman–Crippen MR) is 115 cm³/mol. The lowest BCUT2D eigenvalue weighted by Gasteiger charge is -2.39. The lowest BCUT2D eigenvalue weighted by molar-refractivity contribution is 0.0111. The van der Waals surface area contributed by atoms with Crippen molar-refractivity contribution in [3.05, 3.63) is 42.1 Å². The number of hydrogen-bond acceptors (Lipinski definition) is 3. The van der Waals surface area contributed by atoms with Crippen LogP contribution in [0.25, 0.3) is 21.9 Å². The second-order valence-corrected chi connectivity index (χ2v) is 9.79. The molecule has 1 spiro atoms. The number of amides is 1. The van der Waals surface area contributed by atoms with Gasteiger partial charge in [0.05, 0.1) is 23.4 Å². The van der Waals surface area contributed by atoms with Gasteiger partial charge in [-0.05, 0) is 63.9 Å². The van der Waals surface area contributed by atoms with Crippen LogP contribution in [0, 0.1) is 5.41 Å². The summed E-state index contributed by atoms with van der Waals surface area (Å²) in [5, 5.41) is 3.97. The Kier molecular flexibility index (Phi) is 4.12. The van der Waals surface area contributed by atoms with Gasteiger partial charge in [0.2, 0.25) is 0 Å². The van der Waals surface area contributed by atoms with Crippen LogP contribution in [0.2, 0.25) is 0 Å². The summed E-state index contributed by atoms with van der Waals surface area (Å²) in [5.74, 6) is 0. The van der Waals surface area contributed by atoms with E-state index in [0.29, 0.717) is 5.41 Å². The fraction of sp³-hybridized carbons (Fsp3) is 0.500. The molecule has 5 nitrogen and oxygen atoms in total. The number of piperidine rings is 1. The molecule has 1 amide bonds. The molecule has 1 aromatic carbocycles. The van der Waals surface area contributed by atoms with E-state index in [1.807, 2.05) is 38.2 Å². The molecule has 1 aliphatic heterocycles. The summed E-state index contributed by atoms with van der Waals surface area (Å²) in [5.41, 5.74) is 2.62. The second-order valence-electron chi connectivity index (χ2n) is 9.79. The first-order valence-electron chi connectivity index (χ1n) is 10.7. The van der Waals surface area contributed by atoms with Crippen molar-refractivity contribution < 1.29 is 9.53 Å². The van der Waals surface area contributed by atoms with E-state index in [1.54, 1.807) is 5.57 Å². The van der Waals surface area contributed by atoms with Gasteiger partial charge >= 0.3 is 6.09 Å². The van der Waals surface area contributed by atoms with Gasteiger partial charge in [0.25, 0.3) is 0 Å². The monoisotopic (exact) mass is 391 g/mol. The highest BCUT2D eigenvalue weighted by molar-refractivity contribution is 5.98. The Morgan fingerprint density at radius 1 is 1.10 bits per heavy atom. The number of carbonyl (C=O) groups is 1. The maximum atomic E-state index is 12.4. The largest absolute Gasteiger partial charge is 0.444 e. The van der Waals surface area contributed by atoms with Crippen molar-refractivity contribution in [3.8, 4) is 0 Å². The molecule has 1 saturated heterocycles. The fourth-order valence-corrected chi connectivity index (χ4v) is 5.24. The Balaban J connectivity index is 1.42. The van der Waals surface area contributed by atoms with Crippen LogP contribution in [0.3, 0.4) is 0 Å². The van der Waals surface area contributed by atoms with Gasteiger partial charge in [-0.3, -0.25) is 4.40 Å². The number of nitrogens with zero attached hydrogens (tertiary/aromatic N) is 3. The minimum absolute atomic E-state index is 0.170. The topological polar surface area (TPSA) is 46.8 Å². The highest BCUT2D eigenvalue weighted by Gasteiger charge is 2.41. The quantitative estimate of drug-likeness (QED) is 0.564. The molecule has 0 radical (unpaired) electrons. The Morgan fingerprint density at radius 2 is 1.83 bits per heavy atom. The normalized spacial score (nSPS) is 21.4. The third kappa shape index (κ3) is 3.17. The fourth-order valence-electron chi connectivity index (χ4n) is 5.24. The van der Waals surface area contributed by atoms with E-state index in [-0.39, 0.29) is 6.09 Å². The van der Waals surface area contributed by atoms with Gasteiger partial charge in [-0.1, -0.05) is 24.3 Å². The predicted octanol–water partition coefficient (Wildman–Crippen LogP) is 4.56. The van der Waals surface area contributed by atoms with Crippen molar-refractivity contribution >= 4 is 28.0 Å². The van der Waals surface area contributed by atoms with Crippen molar-refractivity contribution in [1.82, 2.24) is 14.3 Å². The maximum absolute atomic E-state index is 12.4. The summed E-state index contributed by atoms with van der Waals surface area (Å²) in [6.07, 6.45) is 9.33. The number of imidazole rings is 1. The smallest absolute Gasteiger partial charge is 0.410 e. The highest BCUT2D eigenvalue weighted by Crippen LogP contribution is 2.49. The molecule has 29 heavy (non-hydrogen) atoms. The van der Waals surface area contributed by atoms with Gasteiger partial charge in [0, 0.05) is 23.9 Å². The Bertz CT molecular complexity index is 1130. The zero-order chi connectivity index (χ0) is 20.2. The average molecular weight is 392 g/mol. The Hall–Kier alpha value is -2.56. The Labute approximate surface area is 171 Å². The van der Waals surface area contributed by atoms with E-state index in [4.69, 9.17) is 4.74 Å². The number of rotatable bonds is 0. The summed E-state index contributed by atoms with van der Waals surface area (Å²) in [7, 11) is 0. The SMILES string of the molecule is CC(C)(C)OC(=O)N1CCC2(CCC(=c3c4ccccc4c4cncn34)C2)CC1. The van der Waals surface area contributed by atoms with Crippen LogP contribution in [-0.2, 0) is 4.74 Å². The van der Waals surface area contributed by atoms with Crippen molar-refractivity contribution in [1.29, 1.82) is 0 Å².